The smallest absolute Gasteiger partial charge is 0.153 e. The minimum atomic E-state index is -2.82. The van der Waals surface area contributed by atoms with Crippen molar-refractivity contribution in [1.29, 1.82) is 0 Å². The van der Waals surface area contributed by atoms with Gasteiger partial charge in [-0.25, -0.2) is 8.42 Å². The Morgan fingerprint density at radius 3 is 2.90 bits per heavy atom. The Bertz CT molecular complexity index is 552. The van der Waals surface area contributed by atoms with Crippen molar-refractivity contribution in [1.82, 2.24) is 10.2 Å². The van der Waals surface area contributed by atoms with Crippen molar-refractivity contribution < 1.29 is 8.42 Å². The van der Waals surface area contributed by atoms with Crippen LogP contribution in [-0.4, -0.2) is 44.0 Å². The summed E-state index contributed by atoms with van der Waals surface area (Å²) in [5.41, 5.74) is 1.34. The molecule has 6 heteroatoms. The summed E-state index contributed by atoms with van der Waals surface area (Å²) in [6.07, 6.45) is 0. The van der Waals surface area contributed by atoms with Gasteiger partial charge in [0.15, 0.2) is 9.84 Å². The molecule has 20 heavy (non-hydrogen) atoms. The molecule has 2 heterocycles. The maximum atomic E-state index is 11.6. The van der Waals surface area contributed by atoms with Gasteiger partial charge in [0.25, 0.3) is 0 Å². The van der Waals surface area contributed by atoms with Crippen molar-refractivity contribution in [2.45, 2.75) is 39.9 Å². The third-order valence-electron chi connectivity index (χ3n) is 3.80. The normalized spacial score (nSPS) is 23.1. The van der Waals surface area contributed by atoms with E-state index in [9.17, 15) is 8.42 Å². The van der Waals surface area contributed by atoms with Crippen molar-refractivity contribution >= 4 is 21.2 Å². The number of sulfone groups is 1. The van der Waals surface area contributed by atoms with E-state index in [-0.39, 0.29) is 6.04 Å². The highest BCUT2D eigenvalue weighted by Crippen LogP contribution is 2.24. The first-order valence-electron chi connectivity index (χ1n) is 7.14. The zero-order valence-electron chi connectivity index (χ0n) is 12.5. The minimum absolute atomic E-state index is 0.116. The van der Waals surface area contributed by atoms with Crippen LogP contribution in [0, 0.1) is 6.92 Å². The topological polar surface area (TPSA) is 49.4 Å². The van der Waals surface area contributed by atoms with Gasteiger partial charge in [-0.3, -0.25) is 4.90 Å². The van der Waals surface area contributed by atoms with E-state index >= 15 is 0 Å². The summed E-state index contributed by atoms with van der Waals surface area (Å²) in [5, 5.41) is 3.35. The van der Waals surface area contributed by atoms with Crippen LogP contribution in [0.15, 0.2) is 6.07 Å². The minimum Gasteiger partial charge on any atom is -0.312 e. The molecule has 1 fully saturated rings. The molecule has 1 atom stereocenters. The summed E-state index contributed by atoms with van der Waals surface area (Å²) >= 11 is 1.84. The molecule has 0 aliphatic carbocycles. The molecule has 1 aliphatic rings. The highest BCUT2D eigenvalue weighted by Gasteiger charge is 2.28. The van der Waals surface area contributed by atoms with Gasteiger partial charge >= 0.3 is 0 Å². The second kappa shape index (κ2) is 6.56. The van der Waals surface area contributed by atoms with Gasteiger partial charge in [-0.2, -0.15) is 0 Å². The second-order valence-electron chi connectivity index (χ2n) is 5.51. The SMILES string of the molecule is CCNCc1cc(CN2CCS(=O)(=O)CC2C)c(C)s1. The lowest BCUT2D eigenvalue weighted by Crippen LogP contribution is -2.46. The van der Waals surface area contributed by atoms with Gasteiger partial charge in [-0.05, 0) is 32.0 Å². The molecule has 1 aromatic rings. The number of aryl methyl sites for hydroxylation is 1. The van der Waals surface area contributed by atoms with E-state index in [0.29, 0.717) is 18.1 Å². The van der Waals surface area contributed by atoms with Crippen molar-refractivity contribution in [2.24, 2.45) is 0 Å². The van der Waals surface area contributed by atoms with Crippen LogP contribution >= 0.6 is 11.3 Å². The number of hydrogen-bond donors (Lipinski definition) is 1. The molecule has 1 saturated heterocycles. The molecule has 0 aromatic carbocycles. The maximum absolute atomic E-state index is 11.6. The van der Waals surface area contributed by atoms with Gasteiger partial charge in [0.05, 0.1) is 11.5 Å². The first kappa shape index (κ1) is 15.9. The van der Waals surface area contributed by atoms with E-state index < -0.39 is 9.84 Å². The zero-order chi connectivity index (χ0) is 14.8. The molecule has 1 unspecified atom stereocenters. The Hall–Kier alpha value is -0.430. The van der Waals surface area contributed by atoms with Crippen molar-refractivity contribution in [2.75, 3.05) is 24.6 Å². The quantitative estimate of drug-likeness (QED) is 0.900. The predicted molar refractivity (Wildman–Crippen MR) is 85.0 cm³/mol. The summed E-state index contributed by atoms with van der Waals surface area (Å²) in [7, 11) is -2.82. The summed E-state index contributed by atoms with van der Waals surface area (Å²) in [4.78, 5) is 4.99. The predicted octanol–water partition coefficient (Wildman–Crippen LogP) is 1.78. The van der Waals surface area contributed by atoms with E-state index in [2.05, 4.69) is 30.1 Å². The summed E-state index contributed by atoms with van der Waals surface area (Å²) in [6.45, 7) is 9.70. The average molecular weight is 316 g/mol. The van der Waals surface area contributed by atoms with Crippen LogP contribution in [0.25, 0.3) is 0 Å². The third kappa shape index (κ3) is 4.04. The number of thiophene rings is 1. The molecule has 1 aromatic heterocycles. The fourth-order valence-electron chi connectivity index (χ4n) is 2.57. The van der Waals surface area contributed by atoms with Crippen LogP contribution < -0.4 is 5.32 Å². The van der Waals surface area contributed by atoms with Gasteiger partial charge < -0.3 is 5.32 Å². The Morgan fingerprint density at radius 1 is 1.50 bits per heavy atom. The van der Waals surface area contributed by atoms with Crippen molar-refractivity contribution in [3.8, 4) is 0 Å². The average Bonchev–Trinajstić information content (AvgIpc) is 2.70. The fourth-order valence-corrected chi connectivity index (χ4v) is 5.21. The van der Waals surface area contributed by atoms with E-state index in [0.717, 1.165) is 19.6 Å². The standard InChI is InChI=1S/C14H24N2O2S2/c1-4-15-8-14-7-13(12(3)19-14)9-16-5-6-20(17,18)10-11(16)2/h7,11,15H,4-6,8-10H2,1-3H3. The number of nitrogens with one attached hydrogen (secondary N) is 1. The third-order valence-corrected chi connectivity index (χ3v) is 6.69. The Morgan fingerprint density at radius 2 is 2.25 bits per heavy atom. The van der Waals surface area contributed by atoms with Crippen molar-refractivity contribution in [3.05, 3.63) is 21.4 Å². The number of nitrogens with zero attached hydrogens (tertiary/aromatic N) is 1. The molecule has 0 saturated carbocycles. The molecule has 0 bridgehead atoms. The van der Waals surface area contributed by atoms with Crippen molar-refractivity contribution in [3.63, 3.8) is 0 Å². The lowest BCUT2D eigenvalue weighted by molar-refractivity contribution is 0.218. The highest BCUT2D eigenvalue weighted by atomic mass is 32.2. The Balaban J connectivity index is 2.01. The van der Waals surface area contributed by atoms with Crippen LogP contribution in [0.1, 0.15) is 29.2 Å². The first-order valence-corrected chi connectivity index (χ1v) is 9.78. The lowest BCUT2D eigenvalue weighted by atomic mass is 10.2. The molecule has 4 nitrogen and oxygen atoms in total. The van der Waals surface area contributed by atoms with E-state index in [1.54, 1.807) is 0 Å². The molecule has 0 amide bonds. The monoisotopic (exact) mass is 316 g/mol. The molecule has 1 aliphatic heterocycles. The van der Waals surface area contributed by atoms with Gasteiger partial charge in [-0.1, -0.05) is 6.92 Å². The van der Waals surface area contributed by atoms with Gasteiger partial charge in [0, 0.05) is 35.4 Å². The zero-order valence-corrected chi connectivity index (χ0v) is 14.1. The van der Waals surface area contributed by atoms with Crippen LogP contribution in [0.2, 0.25) is 0 Å². The number of rotatable bonds is 5. The molecule has 2 rings (SSSR count). The molecule has 0 radical (unpaired) electrons. The summed E-state index contributed by atoms with van der Waals surface area (Å²) in [5.74, 6) is 0.588. The van der Waals surface area contributed by atoms with Crippen LogP contribution in [-0.2, 0) is 22.9 Å². The largest absolute Gasteiger partial charge is 0.312 e. The summed E-state index contributed by atoms with van der Waals surface area (Å²) < 4.78 is 23.2. The molecular formula is C14H24N2O2S2. The summed E-state index contributed by atoms with van der Waals surface area (Å²) in [6, 6.07) is 2.38. The molecule has 1 N–H and O–H groups in total. The maximum Gasteiger partial charge on any atom is 0.153 e. The second-order valence-corrected chi connectivity index (χ2v) is 9.08. The Kier molecular flexibility index (Phi) is 5.23. The lowest BCUT2D eigenvalue weighted by Gasteiger charge is -2.33. The van der Waals surface area contributed by atoms with Crippen LogP contribution in [0.3, 0.4) is 0 Å². The van der Waals surface area contributed by atoms with E-state index in [1.165, 1.54) is 15.3 Å². The molecular weight excluding hydrogens is 292 g/mol. The van der Waals surface area contributed by atoms with Crippen LogP contribution in [0.5, 0.6) is 0 Å². The fraction of sp³-hybridized carbons (Fsp3) is 0.714. The van der Waals surface area contributed by atoms with E-state index in [4.69, 9.17) is 0 Å². The molecule has 0 spiro atoms. The van der Waals surface area contributed by atoms with Gasteiger partial charge in [0.1, 0.15) is 0 Å². The highest BCUT2D eigenvalue weighted by molar-refractivity contribution is 7.91. The van der Waals surface area contributed by atoms with E-state index in [1.807, 2.05) is 18.3 Å². The van der Waals surface area contributed by atoms with Gasteiger partial charge in [0.2, 0.25) is 0 Å². The van der Waals surface area contributed by atoms with Gasteiger partial charge in [-0.15, -0.1) is 11.3 Å². The van der Waals surface area contributed by atoms with Crippen LogP contribution in [0.4, 0.5) is 0 Å². The molecule has 114 valence electrons. The number of hydrogen-bond acceptors (Lipinski definition) is 5. The Labute approximate surface area is 126 Å². The first-order chi connectivity index (χ1) is 9.41.